The van der Waals surface area contributed by atoms with E-state index in [4.69, 9.17) is 0 Å². The number of hydrogen-bond donors (Lipinski definition) is 0. The number of likely N-dealkylation sites (tertiary alicyclic amines) is 1. The third-order valence-electron chi connectivity index (χ3n) is 4.37. The third kappa shape index (κ3) is 3.57. The SMILES string of the molecule is CC.CC.CC1=C(C)C2(CCN(C)CC2)CC1F. The molecular formula is C16H32FN. The van der Waals surface area contributed by atoms with E-state index in [9.17, 15) is 4.39 Å². The first-order valence-electron chi connectivity index (χ1n) is 7.56. The highest BCUT2D eigenvalue weighted by molar-refractivity contribution is 5.30. The van der Waals surface area contributed by atoms with Gasteiger partial charge in [-0.1, -0.05) is 33.3 Å². The number of allylic oxidation sites excluding steroid dienone is 2. The van der Waals surface area contributed by atoms with Crippen LogP contribution < -0.4 is 0 Å². The summed E-state index contributed by atoms with van der Waals surface area (Å²) in [6.45, 7) is 14.3. The van der Waals surface area contributed by atoms with Gasteiger partial charge < -0.3 is 4.90 Å². The quantitative estimate of drug-likeness (QED) is 0.562. The van der Waals surface area contributed by atoms with Crippen LogP contribution in [0.25, 0.3) is 0 Å². The van der Waals surface area contributed by atoms with Crippen molar-refractivity contribution in [2.75, 3.05) is 20.1 Å². The lowest BCUT2D eigenvalue weighted by molar-refractivity contribution is 0.138. The molecule has 108 valence electrons. The van der Waals surface area contributed by atoms with E-state index in [0.717, 1.165) is 37.9 Å². The van der Waals surface area contributed by atoms with Crippen LogP contribution in [0.5, 0.6) is 0 Å². The zero-order valence-electron chi connectivity index (χ0n) is 13.4. The minimum atomic E-state index is -0.668. The van der Waals surface area contributed by atoms with E-state index in [1.54, 1.807) is 0 Å². The van der Waals surface area contributed by atoms with Crippen LogP contribution >= 0.6 is 0 Å². The molecule has 0 aromatic rings. The predicted molar refractivity (Wildman–Crippen MR) is 79.7 cm³/mol. The number of piperidine rings is 1. The fraction of sp³-hybridized carbons (Fsp3) is 0.875. The first-order valence-corrected chi connectivity index (χ1v) is 7.56. The van der Waals surface area contributed by atoms with Crippen LogP contribution in [0.4, 0.5) is 4.39 Å². The molecule has 1 aliphatic heterocycles. The second kappa shape index (κ2) is 7.93. The fourth-order valence-corrected chi connectivity index (χ4v) is 2.93. The van der Waals surface area contributed by atoms with E-state index in [-0.39, 0.29) is 5.41 Å². The molecule has 2 aliphatic rings. The monoisotopic (exact) mass is 257 g/mol. The Hall–Kier alpha value is -0.370. The molecule has 1 fully saturated rings. The maximum absolute atomic E-state index is 13.6. The minimum absolute atomic E-state index is 0.218. The van der Waals surface area contributed by atoms with E-state index in [1.807, 2.05) is 34.6 Å². The molecule has 18 heavy (non-hydrogen) atoms. The lowest BCUT2D eigenvalue weighted by atomic mass is 9.73. The van der Waals surface area contributed by atoms with Crippen molar-refractivity contribution in [3.8, 4) is 0 Å². The molecule has 0 bridgehead atoms. The van der Waals surface area contributed by atoms with Gasteiger partial charge in [-0.2, -0.15) is 0 Å². The first-order chi connectivity index (χ1) is 8.55. The second-order valence-electron chi connectivity index (χ2n) is 5.06. The average Bonchev–Trinajstić information content (AvgIpc) is 2.63. The van der Waals surface area contributed by atoms with Gasteiger partial charge in [-0.3, -0.25) is 0 Å². The highest BCUT2D eigenvalue weighted by atomic mass is 19.1. The molecule has 1 nitrogen and oxygen atoms in total. The number of hydrogen-bond acceptors (Lipinski definition) is 1. The van der Waals surface area contributed by atoms with Crippen molar-refractivity contribution < 1.29 is 4.39 Å². The summed E-state index contributed by atoms with van der Waals surface area (Å²) in [5.74, 6) is 0. The summed E-state index contributed by atoms with van der Waals surface area (Å²) >= 11 is 0. The molecular weight excluding hydrogens is 225 g/mol. The van der Waals surface area contributed by atoms with Gasteiger partial charge in [0.15, 0.2) is 0 Å². The molecule has 1 heterocycles. The van der Waals surface area contributed by atoms with E-state index < -0.39 is 6.17 Å². The smallest absolute Gasteiger partial charge is 0.122 e. The fourth-order valence-electron chi connectivity index (χ4n) is 2.93. The van der Waals surface area contributed by atoms with Crippen LogP contribution in [-0.2, 0) is 0 Å². The lowest BCUT2D eigenvalue weighted by Gasteiger charge is -2.39. The van der Waals surface area contributed by atoms with Crippen molar-refractivity contribution >= 4 is 0 Å². The van der Waals surface area contributed by atoms with Gasteiger partial charge >= 0.3 is 0 Å². The zero-order chi connectivity index (χ0) is 14.3. The Morgan fingerprint density at radius 2 is 1.50 bits per heavy atom. The number of halogens is 1. The van der Waals surface area contributed by atoms with E-state index in [2.05, 4.69) is 18.9 Å². The molecule has 0 aromatic heterocycles. The molecule has 0 aromatic carbocycles. The summed E-state index contributed by atoms with van der Waals surface area (Å²) in [6.07, 6.45) is 2.37. The summed E-state index contributed by atoms with van der Waals surface area (Å²) in [5, 5.41) is 0. The van der Waals surface area contributed by atoms with Crippen molar-refractivity contribution in [1.82, 2.24) is 4.90 Å². The van der Waals surface area contributed by atoms with Crippen molar-refractivity contribution in [2.45, 2.75) is 67.0 Å². The molecule has 1 aliphatic carbocycles. The first kappa shape index (κ1) is 17.6. The van der Waals surface area contributed by atoms with Crippen LogP contribution in [0.1, 0.15) is 60.8 Å². The van der Waals surface area contributed by atoms with E-state index in [1.165, 1.54) is 5.57 Å². The summed E-state index contributed by atoms with van der Waals surface area (Å²) < 4.78 is 13.6. The highest BCUT2D eigenvalue weighted by Gasteiger charge is 2.43. The van der Waals surface area contributed by atoms with Crippen LogP contribution in [-0.4, -0.2) is 31.2 Å². The zero-order valence-corrected chi connectivity index (χ0v) is 13.4. The van der Waals surface area contributed by atoms with Crippen molar-refractivity contribution in [2.24, 2.45) is 5.41 Å². The Bertz CT molecular complexity index is 262. The molecule has 0 N–H and O–H groups in total. The second-order valence-corrected chi connectivity index (χ2v) is 5.06. The summed E-state index contributed by atoms with van der Waals surface area (Å²) in [5.41, 5.74) is 2.57. The molecule has 2 heteroatoms. The van der Waals surface area contributed by atoms with Crippen LogP contribution in [0.2, 0.25) is 0 Å². The lowest BCUT2D eigenvalue weighted by Crippen LogP contribution is -2.37. The minimum Gasteiger partial charge on any atom is -0.306 e. The van der Waals surface area contributed by atoms with Gasteiger partial charge in [-0.15, -0.1) is 0 Å². The standard InChI is InChI=1S/C12H20FN.2C2H6/c1-9-10(2)12(8-11(9)13)4-6-14(3)7-5-12;2*1-2/h11H,4-8H2,1-3H3;2*1-2H3. The molecule has 1 atom stereocenters. The molecule has 0 amide bonds. The highest BCUT2D eigenvalue weighted by Crippen LogP contribution is 2.50. The number of nitrogens with zero attached hydrogens (tertiary/aromatic N) is 1. The Morgan fingerprint density at radius 3 is 1.83 bits per heavy atom. The van der Waals surface area contributed by atoms with Crippen LogP contribution in [0.3, 0.4) is 0 Å². The van der Waals surface area contributed by atoms with E-state index >= 15 is 0 Å². The number of alkyl halides is 1. The Labute approximate surface area is 113 Å². The van der Waals surface area contributed by atoms with Gasteiger partial charge in [-0.25, -0.2) is 4.39 Å². The molecule has 1 spiro atoms. The molecule has 0 radical (unpaired) electrons. The predicted octanol–water partition coefficient (Wildman–Crippen LogP) is 4.83. The molecule has 1 unspecified atom stereocenters. The maximum Gasteiger partial charge on any atom is 0.122 e. The van der Waals surface area contributed by atoms with Crippen molar-refractivity contribution in [3.05, 3.63) is 11.1 Å². The largest absolute Gasteiger partial charge is 0.306 e. The Balaban J connectivity index is 0.000000659. The van der Waals surface area contributed by atoms with Crippen molar-refractivity contribution in [1.29, 1.82) is 0 Å². The van der Waals surface area contributed by atoms with Gasteiger partial charge in [0.05, 0.1) is 0 Å². The summed E-state index contributed by atoms with van der Waals surface area (Å²) in [7, 11) is 2.15. The Kier molecular flexibility index (Phi) is 7.77. The normalized spacial score (nSPS) is 26.3. The average molecular weight is 257 g/mol. The molecule has 2 rings (SSSR count). The topological polar surface area (TPSA) is 3.24 Å². The van der Waals surface area contributed by atoms with Gasteiger partial charge in [0.25, 0.3) is 0 Å². The summed E-state index contributed by atoms with van der Waals surface area (Å²) in [4.78, 5) is 2.35. The van der Waals surface area contributed by atoms with Gasteiger partial charge in [-0.05, 0) is 64.2 Å². The van der Waals surface area contributed by atoms with Gasteiger partial charge in [0, 0.05) is 0 Å². The number of rotatable bonds is 0. The van der Waals surface area contributed by atoms with Gasteiger partial charge in [0.2, 0.25) is 0 Å². The van der Waals surface area contributed by atoms with Crippen LogP contribution in [0.15, 0.2) is 11.1 Å². The van der Waals surface area contributed by atoms with Crippen LogP contribution in [0, 0.1) is 5.41 Å². The molecule has 1 saturated heterocycles. The summed E-state index contributed by atoms with van der Waals surface area (Å²) in [6, 6.07) is 0. The van der Waals surface area contributed by atoms with Gasteiger partial charge in [0.1, 0.15) is 6.17 Å². The van der Waals surface area contributed by atoms with Crippen molar-refractivity contribution in [3.63, 3.8) is 0 Å². The molecule has 0 saturated carbocycles. The van der Waals surface area contributed by atoms with E-state index in [0.29, 0.717) is 0 Å². The third-order valence-corrected chi connectivity index (χ3v) is 4.37. The maximum atomic E-state index is 13.6. The Morgan fingerprint density at radius 1 is 1.06 bits per heavy atom.